The summed E-state index contributed by atoms with van der Waals surface area (Å²) in [4.78, 5) is 3.26. The third kappa shape index (κ3) is 2.34. The smallest absolute Gasteiger partial charge is 0.178 e. The molecule has 0 spiro atoms. The van der Waals surface area contributed by atoms with E-state index in [1.54, 1.807) is 0 Å². The molecule has 3 rings (SSSR count). The van der Waals surface area contributed by atoms with Crippen LogP contribution < -0.4 is 0 Å². The molecule has 0 unspecified atom stereocenters. The van der Waals surface area contributed by atoms with Crippen LogP contribution in [0.4, 0.5) is 0 Å². The first-order valence-electron chi connectivity index (χ1n) is 6.38. The Morgan fingerprint density at radius 2 is 1.68 bits per heavy atom. The summed E-state index contributed by atoms with van der Waals surface area (Å²) < 4.78 is 2.93. The van der Waals surface area contributed by atoms with Crippen molar-refractivity contribution < 1.29 is 0 Å². The molecule has 0 saturated heterocycles. The maximum absolute atomic E-state index is 5.43. The van der Waals surface area contributed by atoms with E-state index in [1.807, 2.05) is 0 Å². The average molecular weight is 268 g/mol. The average Bonchev–Trinajstić information content (AvgIpc) is 2.69. The van der Waals surface area contributed by atoms with Gasteiger partial charge in [0.15, 0.2) is 4.77 Å². The van der Waals surface area contributed by atoms with Crippen molar-refractivity contribution in [2.45, 2.75) is 20.4 Å². The fourth-order valence-corrected chi connectivity index (χ4v) is 2.57. The predicted octanol–water partition coefficient (Wildman–Crippen LogP) is 4.36. The number of nitrogens with zero attached hydrogens (tertiary/aromatic N) is 1. The van der Waals surface area contributed by atoms with Gasteiger partial charge in [0.2, 0.25) is 0 Å². The van der Waals surface area contributed by atoms with Crippen LogP contribution >= 0.6 is 12.2 Å². The molecule has 0 atom stereocenters. The SMILES string of the molecule is Cc1ccc(Cn2c(=S)[nH]c3ccc(C)cc32)cc1. The van der Waals surface area contributed by atoms with E-state index in [4.69, 9.17) is 12.2 Å². The number of aryl methyl sites for hydroxylation is 2. The molecule has 3 aromatic rings. The van der Waals surface area contributed by atoms with E-state index in [2.05, 4.69) is 65.9 Å². The van der Waals surface area contributed by atoms with Crippen LogP contribution in [-0.4, -0.2) is 9.55 Å². The van der Waals surface area contributed by atoms with E-state index in [-0.39, 0.29) is 0 Å². The predicted molar refractivity (Wildman–Crippen MR) is 82.1 cm³/mol. The summed E-state index contributed by atoms with van der Waals surface area (Å²) >= 11 is 5.43. The highest BCUT2D eigenvalue weighted by molar-refractivity contribution is 7.71. The Hall–Kier alpha value is -1.87. The maximum Gasteiger partial charge on any atom is 0.178 e. The highest BCUT2D eigenvalue weighted by Gasteiger charge is 2.05. The monoisotopic (exact) mass is 268 g/mol. The third-order valence-electron chi connectivity index (χ3n) is 3.39. The van der Waals surface area contributed by atoms with Crippen molar-refractivity contribution in [2.24, 2.45) is 0 Å². The zero-order valence-corrected chi connectivity index (χ0v) is 11.9. The lowest BCUT2D eigenvalue weighted by Gasteiger charge is -2.06. The van der Waals surface area contributed by atoms with Crippen LogP contribution in [0.25, 0.3) is 11.0 Å². The van der Waals surface area contributed by atoms with Gasteiger partial charge in [0.25, 0.3) is 0 Å². The van der Waals surface area contributed by atoms with Crippen LogP contribution in [0.1, 0.15) is 16.7 Å². The van der Waals surface area contributed by atoms with Crippen LogP contribution in [0, 0.1) is 18.6 Å². The van der Waals surface area contributed by atoms with Gasteiger partial charge in [0.05, 0.1) is 17.6 Å². The molecule has 0 radical (unpaired) electrons. The Bertz CT molecular complexity index is 779. The Balaban J connectivity index is 2.09. The van der Waals surface area contributed by atoms with Crippen molar-refractivity contribution in [3.05, 3.63) is 63.9 Å². The first-order valence-corrected chi connectivity index (χ1v) is 6.79. The minimum absolute atomic E-state index is 0.779. The third-order valence-corrected chi connectivity index (χ3v) is 3.71. The molecular formula is C16H16N2S. The minimum atomic E-state index is 0.779. The molecule has 3 heteroatoms. The number of benzene rings is 2. The summed E-state index contributed by atoms with van der Waals surface area (Å²) in [5, 5.41) is 0. The summed E-state index contributed by atoms with van der Waals surface area (Å²) in [6.07, 6.45) is 0. The number of hydrogen-bond donors (Lipinski definition) is 1. The van der Waals surface area contributed by atoms with Gasteiger partial charge < -0.3 is 9.55 Å². The number of H-pyrrole nitrogens is 1. The highest BCUT2D eigenvalue weighted by Crippen LogP contribution is 2.17. The van der Waals surface area contributed by atoms with Gasteiger partial charge in [-0.15, -0.1) is 0 Å². The van der Waals surface area contributed by atoms with E-state index in [1.165, 1.54) is 22.2 Å². The first kappa shape index (κ1) is 12.2. The highest BCUT2D eigenvalue weighted by atomic mass is 32.1. The van der Waals surface area contributed by atoms with Crippen molar-refractivity contribution in [1.82, 2.24) is 9.55 Å². The van der Waals surface area contributed by atoms with Crippen LogP contribution in [0.3, 0.4) is 0 Å². The quantitative estimate of drug-likeness (QED) is 0.685. The molecule has 0 fully saturated rings. The molecular weight excluding hydrogens is 252 g/mol. The lowest BCUT2D eigenvalue weighted by atomic mass is 10.1. The summed E-state index contributed by atoms with van der Waals surface area (Å²) in [5.74, 6) is 0. The fraction of sp³-hybridized carbons (Fsp3) is 0.188. The Labute approximate surface area is 117 Å². The standard InChI is InChI=1S/C16H16N2S/c1-11-3-6-13(7-4-11)10-18-15-9-12(2)5-8-14(15)17-16(18)19/h3-9H,10H2,1-2H3,(H,17,19). The zero-order valence-electron chi connectivity index (χ0n) is 11.1. The molecule has 0 saturated carbocycles. The number of nitrogens with one attached hydrogen (secondary N) is 1. The van der Waals surface area contributed by atoms with Gasteiger partial charge in [0.1, 0.15) is 0 Å². The van der Waals surface area contributed by atoms with Crippen molar-refractivity contribution in [1.29, 1.82) is 0 Å². The number of aromatic nitrogens is 2. The number of rotatable bonds is 2. The van der Waals surface area contributed by atoms with Crippen molar-refractivity contribution >= 4 is 23.3 Å². The molecule has 2 aromatic carbocycles. The van der Waals surface area contributed by atoms with Gasteiger partial charge in [-0.05, 0) is 49.3 Å². The molecule has 1 N–H and O–H groups in total. The van der Waals surface area contributed by atoms with Crippen LogP contribution in [0.15, 0.2) is 42.5 Å². The Morgan fingerprint density at radius 3 is 2.42 bits per heavy atom. The van der Waals surface area contributed by atoms with E-state index in [9.17, 15) is 0 Å². The summed E-state index contributed by atoms with van der Waals surface area (Å²) in [7, 11) is 0. The minimum Gasteiger partial charge on any atom is -0.331 e. The van der Waals surface area contributed by atoms with Crippen molar-refractivity contribution in [2.75, 3.05) is 0 Å². The fourth-order valence-electron chi connectivity index (χ4n) is 2.30. The van der Waals surface area contributed by atoms with Gasteiger partial charge in [-0.1, -0.05) is 35.9 Å². The molecule has 2 nitrogen and oxygen atoms in total. The molecule has 0 aliphatic carbocycles. The normalized spacial score (nSPS) is 11.1. The van der Waals surface area contributed by atoms with Crippen LogP contribution in [-0.2, 0) is 6.54 Å². The van der Waals surface area contributed by atoms with Crippen LogP contribution in [0.2, 0.25) is 0 Å². The van der Waals surface area contributed by atoms with Gasteiger partial charge in [-0.2, -0.15) is 0 Å². The molecule has 1 heterocycles. The Morgan fingerprint density at radius 1 is 1.00 bits per heavy atom. The van der Waals surface area contributed by atoms with Crippen LogP contribution in [0.5, 0.6) is 0 Å². The number of fused-ring (bicyclic) bond motifs is 1. The van der Waals surface area contributed by atoms with Gasteiger partial charge in [0, 0.05) is 0 Å². The lowest BCUT2D eigenvalue weighted by Crippen LogP contribution is -1.99. The van der Waals surface area contributed by atoms with E-state index in [0.717, 1.165) is 16.8 Å². The lowest BCUT2D eigenvalue weighted by molar-refractivity contribution is 0.810. The zero-order chi connectivity index (χ0) is 13.4. The molecule has 0 bridgehead atoms. The van der Waals surface area contributed by atoms with E-state index >= 15 is 0 Å². The second kappa shape index (κ2) is 4.67. The second-order valence-electron chi connectivity index (χ2n) is 5.02. The van der Waals surface area contributed by atoms with Gasteiger partial charge in [-0.3, -0.25) is 0 Å². The first-order chi connectivity index (χ1) is 9.13. The van der Waals surface area contributed by atoms with Gasteiger partial charge in [-0.25, -0.2) is 0 Å². The molecule has 0 amide bonds. The van der Waals surface area contributed by atoms with Crippen molar-refractivity contribution in [3.8, 4) is 0 Å². The number of imidazole rings is 1. The maximum atomic E-state index is 5.43. The molecule has 0 aliphatic rings. The van der Waals surface area contributed by atoms with Crippen molar-refractivity contribution in [3.63, 3.8) is 0 Å². The van der Waals surface area contributed by atoms with E-state index < -0.39 is 0 Å². The summed E-state index contributed by atoms with van der Waals surface area (Å²) in [5.41, 5.74) is 6.07. The number of aromatic amines is 1. The molecule has 19 heavy (non-hydrogen) atoms. The van der Waals surface area contributed by atoms with E-state index in [0.29, 0.717) is 0 Å². The Kier molecular flexibility index (Phi) is 2.99. The largest absolute Gasteiger partial charge is 0.331 e. The summed E-state index contributed by atoms with van der Waals surface area (Å²) in [6.45, 7) is 5.01. The summed E-state index contributed by atoms with van der Waals surface area (Å²) in [6, 6.07) is 15.0. The topological polar surface area (TPSA) is 20.7 Å². The molecule has 96 valence electrons. The number of hydrogen-bond acceptors (Lipinski definition) is 1. The molecule has 1 aromatic heterocycles. The molecule has 0 aliphatic heterocycles. The second-order valence-corrected chi connectivity index (χ2v) is 5.41. The van der Waals surface area contributed by atoms with Gasteiger partial charge >= 0.3 is 0 Å².